The fraction of sp³-hybridized carbons (Fsp3) is 0.158. The number of hydrogen-bond acceptors (Lipinski definition) is 5. The third-order valence-electron chi connectivity index (χ3n) is 3.95. The molecule has 1 amide bonds. The van der Waals surface area contributed by atoms with Crippen LogP contribution in [0.4, 0.5) is 0 Å². The Hall–Kier alpha value is -3.12. The Labute approximate surface area is 146 Å². The van der Waals surface area contributed by atoms with E-state index in [1.165, 1.54) is 0 Å². The largest absolute Gasteiger partial charge is 0.368 e. The molecular weight excluding hydrogens is 314 g/mol. The average Bonchev–Trinajstić information content (AvgIpc) is 2.65. The Morgan fingerprint density at radius 3 is 2.44 bits per heavy atom. The van der Waals surface area contributed by atoms with Crippen molar-refractivity contribution in [3.8, 4) is 0 Å². The Balaban J connectivity index is 1.75. The fourth-order valence-corrected chi connectivity index (χ4v) is 2.65. The van der Waals surface area contributed by atoms with Crippen molar-refractivity contribution in [2.45, 2.75) is 19.0 Å². The molecule has 3 aromatic rings. The third kappa shape index (κ3) is 4.45. The number of pyridine rings is 3. The van der Waals surface area contributed by atoms with E-state index in [-0.39, 0.29) is 0 Å². The van der Waals surface area contributed by atoms with Crippen molar-refractivity contribution in [2.75, 3.05) is 0 Å². The van der Waals surface area contributed by atoms with Gasteiger partial charge in [0.2, 0.25) is 5.91 Å². The molecule has 0 spiro atoms. The standard InChI is InChI=1S/C19H19N5O/c20-19(25)18(16-2-1-6-22-11-16)24-13-15-5-9-23-12-17(15)10-14-3-7-21-8-4-14/h1-9,11-12,18,24H,10,13H2,(H2,20,25). The highest BCUT2D eigenvalue weighted by molar-refractivity contribution is 5.81. The smallest absolute Gasteiger partial charge is 0.239 e. The van der Waals surface area contributed by atoms with E-state index in [1.54, 1.807) is 37.1 Å². The van der Waals surface area contributed by atoms with Crippen LogP contribution >= 0.6 is 0 Å². The number of amides is 1. The zero-order chi connectivity index (χ0) is 17.5. The lowest BCUT2D eigenvalue weighted by molar-refractivity contribution is -0.120. The summed E-state index contributed by atoms with van der Waals surface area (Å²) >= 11 is 0. The molecule has 3 aromatic heterocycles. The van der Waals surface area contributed by atoms with Crippen LogP contribution in [0.2, 0.25) is 0 Å². The second-order valence-corrected chi connectivity index (χ2v) is 5.68. The van der Waals surface area contributed by atoms with E-state index < -0.39 is 11.9 Å². The molecule has 0 aliphatic rings. The lowest BCUT2D eigenvalue weighted by atomic mass is 10.0. The molecule has 0 fully saturated rings. The van der Waals surface area contributed by atoms with Crippen LogP contribution in [0.15, 0.2) is 67.5 Å². The Morgan fingerprint density at radius 2 is 1.72 bits per heavy atom. The number of nitrogens with two attached hydrogens (primary N) is 1. The summed E-state index contributed by atoms with van der Waals surface area (Å²) in [6, 6.07) is 8.94. The third-order valence-corrected chi connectivity index (χ3v) is 3.95. The Bertz CT molecular complexity index is 823. The molecule has 126 valence electrons. The monoisotopic (exact) mass is 333 g/mol. The van der Waals surface area contributed by atoms with Gasteiger partial charge in [-0.3, -0.25) is 25.1 Å². The van der Waals surface area contributed by atoms with Crippen molar-refractivity contribution in [2.24, 2.45) is 5.73 Å². The average molecular weight is 333 g/mol. The molecule has 1 atom stereocenters. The van der Waals surface area contributed by atoms with Crippen LogP contribution in [-0.2, 0) is 17.8 Å². The summed E-state index contributed by atoms with van der Waals surface area (Å²) in [4.78, 5) is 24.1. The van der Waals surface area contributed by atoms with Gasteiger partial charge in [0.1, 0.15) is 6.04 Å². The van der Waals surface area contributed by atoms with Crippen LogP contribution < -0.4 is 11.1 Å². The zero-order valence-corrected chi connectivity index (χ0v) is 13.7. The van der Waals surface area contributed by atoms with Crippen molar-refractivity contribution >= 4 is 5.91 Å². The van der Waals surface area contributed by atoms with Gasteiger partial charge in [-0.05, 0) is 52.9 Å². The Kier molecular flexibility index (Phi) is 5.43. The van der Waals surface area contributed by atoms with Crippen LogP contribution in [0, 0.1) is 0 Å². The number of aromatic nitrogens is 3. The highest BCUT2D eigenvalue weighted by Gasteiger charge is 2.17. The quantitative estimate of drug-likeness (QED) is 0.687. The number of nitrogens with one attached hydrogen (secondary N) is 1. The lowest BCUT2D eigenvalue weighted by Crippen LogP contribution is -2.33. The summed E-state index contributed by atoms with van der Waals surface area (Å²) in [7, 11) is 0. The molecule has 0 radical (unpaired) electrons. The van der Waals surface area contributed by atoms with E-state index in [0.29, 0.717) is 6.54 Å². The first-order valence-electron chi connectivity index (χ1n) is 7.97. The second-order valence-electron chi connectivity index (χ2n) is 5.68. The van der Waals surface area contributed by atoms with E-state index in [4.69, 9.17) is 5.73 Å². The van der Waals surface area contributed by atoms with Gasteiger partial charge in [-0.25, -0.2) is 0 Å². The van der Waals surface area contributed by atoms with E-state index in [0.717, 1.165) is 28.7 Å². The van der Waals surface area contributed by atoms with Crippen LogP contribution in [0.5, 0.6) is 0 Å². The minimum atomic E-state index is -0.587. The molecule has 25 heavy (non-hydrogen) atoms. The molecule has 0 bridgehead atoms. The van der Waals surface area contributed by atoms with E-state index in [1.807, 2.05) is 30.5 Å². The fourth-order valence-electron chi connectivity index (χ4n) is 2.65. The summed E-state index contributed by atoms with van der Waals surface area (Å²) in [6.07, 6.45) is 11.2. The normalized spacial score (nSPS) is 11.8. The summed E-state index contributed by atoms with van der Waals surface area (Å²) < 4.78 is 0. The van der Waals surface area contributed by atoms with Gasteiger partial charge in [0.05, 0.1) is 0 Å². The number of primary amides is 1. The van der Waals surface area contributed by atoms with Gasteiger partial charge in [-0.2, -0.15) is 0 Å². The van der Waals surface area contributed by atoms with E-state index in [2.05, 4.69) is 20.3 Å². The van der Waals surface area contributed by atoms with Crippen molar-refractivity contribution < 1.29 is 4.79 Å². The molecule has 3 rings (SSSR count). The molecule has 6 nitrogen and oxygen atoms in total. The van der Waals surface area contributed by atoms with Crippen molar-refractivity contribution in [1.82, 2.24) is 20.3 Å². The molecule has 3 N–H and O–H groups in total. The van der Waals surface area contributed by atoms with Gasteiger partial charge in [-0.15, -0.1) is 0 Å². The Morgan fingerprint density at radius 1 is 0.960 bits per heavy atom. The molecule has 6 heteroatoms. The van der Waals surface area contributed by atoms with Crippen molar-refractivity contribution in [3.05, 3.63) is 89.8 Å². The molecule has 0 aromatic carbocycles. The van der Waals surface area contributed by atoms with Gasteiger partial charge >= 0.3 is 0 Å². The molecule has 3 heterocycles. The van der Waals surface area contributed by atoms with E-state index >= 15 is 0 Å². The van der Waals surface area contributed by atoms with Crippen molar-refractivity contribution in [3.63, 3.8) is 0 Å². The van der Waals surface area contributed by atoms with Gasteiger partial charge in [0, 0.05) is 43.7 Å². The van der Waals surface area contributed by atoms with E-state index in [9.17, 15) is 4.79 Å². The number of rotatable bonds is 7. The zero-order valence-electron chi connectivity index (χ0n) is 13.7. The molecule has 0 saturated heterocycles. The number of hydrogen-bond donors (Lipinski definition) is 2. The molecular formula is C19H19N5O. The predicted molar refractivity (Wildman–Crippen MR) is 94.3 cm³/mol. The SMILES string of the molecule is NC(=O)C(NCc1ccncc1Cc1ccncc1)c1cccnc1. The highest BCUT2D eigenvalue weighted by atomic mass is 16.1. The minimum absolute atomic E-state index is 0.433. The van der Waals surface area contributed by atoms with Gasteiger partial charge < -0.3 is 5.73 Å². The van der Waals surface area contributed by atoms with Crippen molar-refractivity contribution in [1.29, 1.82) is 0 Å². The first-order valence-corrected chi connectivity index (χ1v) is 7.97. The summed E-state index contributed by atoms with van der Waals surface area (Å²) in [6.45, 7) is 0.505. The lowest BCUT2D eigenvalue weighted by Gasteiger charge is -2.17. The molecule has 1 unspecified atom stereocenters. The van der Waals surface area contributed by atoms with Gasteiger partial charge in [0.25, 0.3) is 0 Å². The second kappa shape index (κ2) is 8.12. The maximum absolute atomic E-state index is 11.8. The van der Waals surface area contributed by atoms with Crippen LogP contribution in [0.3, 0.4) is 0 Å². The minimum Gasteiger partial charge on any atom is -0.368 e. The van der Waals surface area contributed by atoms with Crippen LogP contribution in [0.1, 0.15) is 28.3 Å². The first kappa shape index (κ1) is 16.7. The summed E-state index contributed by atoms with van der Waals surface area (Å²) in [5, 5.41) is 3.22. The maximum Gasteiger partial charge on any atom is 0.239 e. The molecule has 0 aliphatic heterocycles. The number of carbonyl (C=O) groups is 1. The number of nitrogens with zero attached hydrogens (tertiary/aromatic N) is 3. The molecule has 0 saturated carbocycles. The summed E-state index contributed by atoms with van der Waals surface area (Å²) in [5.41, 5.74) is 9.62. The van der Waals surface area contributed by atoms with Crippen LogP contribution in [0.25, 0.3) is 0 Å². The maximum atomic E-state index is 11.8. The van der Waals surface area contributed by atoms with Crippen LogP contribution in [-0.4, -0.2) is 20.9 Å². The highest BCUT2D eigenvalue weighted by Crippen LogP contribution is 2.16. The molecule has 0 aliphatic carbocycles. The van der Waals surface area contributed by atoms with Gasteiger partial charge in [0.15, 0.2) is 0 Å². The van der Waals surface area contributed by atoms with Gasteiger partial charge in [-0.1, -0.05) is 6.07 Å². The first-order chi connectivity index (χ1) is 12.2. The topological polar surface area (TPSA) is 93.8 Å². The number of carbonyl (C=O) groups excluding carboxylic acids is 1. The predicted octanol–water partition coefficient (Wildman–Crippen LogP) is 1.78. The summed E-state index contributed by atoms with van der Waals surface area (Å²) in [5.74, 6) is -0.433.